The Bertz CT molecular complexity index is 3520. The lowest BCUT2D eigenvalue weighted by Gasteiger charge is -2.12. The van der Waals surface area contributed by atoms with E-state index in [1.807, 2.05) is 36.4 Å². The number of hydrogen-bond donors (Lipinski definition) is 0. The zero-order valence-electron chi connectivity index (χ0n) is 30.5. The molecule has 4 aromatic heterocycles. The predicted octanol–water partition coefficient (Wildman–Crippen LogP) is 13.0. The summed E-state index contributed by atoms with van der Waals surface area (Å²) in [4.78, 5) is 15.7. The van der Waals surface area contributed by atoms with Crippen LogP contribution in [0.4, 0.5) is 0 Å². The molecule has 4 heterocycles. The van der Waals surface area contributed by atoms with Gasteiger partial charge in [0, 0.05) is 49.1 Å². The van der Waals surface area contributed by atoms with E-state index in [4.69, 9.17) is 19.4 Å². The molecular weight excluding hydrogens is 699 g/mol. The van der Waals surface area contributed by atoms with Gasteiger partial charge in [0.1, 0.15) is 11.2 Å². The van der Waals surface area contributed by atoms with Crippen molar-refractivity contribution in [1.82, 2.24) is 24.1 Å². The van der Waals surface area contributed by atoms with E-state index < -0.39 is 0 Å². The molecule has 0 aliphatic heterocycles. The molecule has 57 heavy (non-hydrogen) atoms. The molecular formula is C51H31N5O. The van der Waals surface area contributed by atoms with Gasteiger partial charge in [0.2, 0.25) is 5.95 Å². The second-order valence-corrected chi connectivity index (χ2v) is 14.5. The van der Waals surface area contributed by atoms with E-state index in [9.17, 15) is 0 Å². The number of rotatable bonds is 5. The number of fused-ring (bicyclic) bond motifs is 9. The van der Waals surface area contributed by atoms with E-state index >= 15 is 0 Å². The minimum absolute atomic E-state index is 0.556. The van der Waals surface area contributed by atoms with Crippen molar-refractivity contribution >= 4 is 65.6 Å². The van der Waals surface area contributed by atoms with Gasteiger partial charge in [0.15, 0.2) is 11.6 Å². The van der Waals surface area contributed by atoms with E-state index in [2.05, 4.69) is 161 Å². The van der Waals surface area contributed by atoms with Crippen molar-refractivity contribution in [3.05, 3.63) is 188 Å². The van der Waals surface area contributed by atoms with Crippen LogP contribution in [-0.2, 0) is 0 Å². The van der Waals surface area contributed by atoms with Crippen LogP contribution in [0.1, 0.15) is 0 Å². The highest BCUT2D eigenvalue weighted by Gasteiger charge is 2.21. The summed E-state index contributed by atoms with van der Waals surface area (Å²) < 4.78 is 10.8. The molecule has 6 nitrogen and oxygen atoms in total. The Balaban J connectivity index is 1.09. The third-order valence-electron chi connectivity index (χ3n) is 11.2. The summed E-state index contributed by atoms with van der Waals surface area (Å²) in [6, 6.07) is 65.6. The number of para-hydroxylation sites is 4. The van der Waals surface area contributed by atoms with Crippen LogP contribution < -0.4 is 0 Å². The molecule has 0 saturated carbocycles. The van der Waals surface area contributed by atoms with Gasteiger partial charge in [-0.25, -0.2) is 4.98 Å². The van der Waals surface area contributed by atoms with Crippen LogP contribution in [0.25, 0.3) is 111 Å². The summed E-state index contributed by atoms with van der Waals surface area (Å²) >= 11 is 0. The van der Waals surface area contributed by atoms with E-state index in [0.717, 1.165) is 82.7 Å². The van der Waals surface area contributed by atoms with Crippen LogP contribution in [0.15, 0.2) is 192 Å². The molecule has 0 unspecified atom stereocenters. The average molecular weight is 730 g/mol. The molecule has 0 amide bonds. The topological polar surface area (TPSA) is 61.7 Å². The van der Waals surface area contributed by atoms with Gasteiger partial charge < -0.3 is 8.98 Å². The SMILES string of the molecule is c1ccc(-c2nc(-c3cccc(-c4ccc5c(c4)oc4ccccc45)c3)nc(-n3c4ccccc4c4cc5c6ccccc6n(-c6ccccc6)c5cc43)n2)cc1. The van der Waals surface area contributed by atoms with Crippen molar-refractivity contribution in [1.29, 1.82) is 0 Å². The van der Waals surface area contributed by atoms with Gasteiger partial charge in [-0.1, -0.05) is 127 Å². The Labute approximate surface area is 326 Å². The first kappa shape index (κ1) is 31.5. The third-order valence-corrected chi connectivity index (χ3v) is 11.2. The molecule has 0 aliphatic rings. The zero-order chi connectivity index (χ0) is 37.5. The molecule has 12 rings (SSSR count). The molecule has 266 valence electrons. The normalized spacial score (nSPS) is 11.9. The second-order valence-electron chi connectivity index (χ2n) is 14.5. The molecule has 0 radical (unpaired) electrons. The maximum atomic E-state index is 6.26. The largest absolute Gasteiger partial charge is 0.456 e. The van der Waals surface area contributed by atoms with Gasteiger partial charge >= 0.3 is 0 Å². The summed E-state index contributed by atoms with van der Waals surface area (Å²) in [6.07, 6.45) is 0. The van der Waals surface area contributed by atoms with Gasteiger partial charge in [-0.15, -0.1) is 0 Å². The van der Waals surface area contributed by atoms with Gasteiger partial charge in [-0.3, -0.25) is 4.57 Å². The van der Waals surface area contributed by atoms with Gasteiger partial charge in [-0.05, 0) is 71.8 Å². The number of nitrogens with zero attached hydrogens (tertiary/aromatic N) is 5. The maximum absolute atomic E-state index is 6.26. The van der Waals surface area contributed by atoms with Crippen LogP contribution in [0.3, 0.4) is 0 Å². The van der Waals surface area contributed by atoms with Crippen LogP contribution >= 0.6 is 0 Å². The highest BCUT2D eigenvalue weighted by Crippen LogP contribution is 2.40. The van der Waals surface area contributed by atoms with Crippen molar-refractivity contribution in [3.63, 3.8) is 0 Å². The van der Waals surface area contributed by atoms with E-state index in [1.165, 1.54) is 10.8 Å². The van der Waals surface area contributed by atoms with E-state index in [-0.39, 0.29) is 0 Å². The second kappa shape index (κ2) is 12.3. The molecule has 0 bridgehead atoms. The number of aromatic nitrogens is 5. The Morgan fingerprint density at radius 1 is 0.316 bits per heavy atom. The van der Waals surface area contributed by atoms with E-state index in [0.29, 0.717) is 17.6 Å². The fourth-order valence-electron chi connectivity index (χ4n) is 8.56. The van der Waals surface area contributed by atoms with E-state index in [1.54, 1.807) is 0 Å². The first-order chi connectivity index (χ1) is 28.2. The van der Waals surface area contributed by atoms with Crippen LogP contribution in [0, 0.1) is 0 Å². The molecule has 0 N–H and O–H groups in total. The van der Waals surface area contributed by atoms with Gasteiger partial charge in [-0.2, -0.15) is 9.97 Å². The highest BCUT2D eigenvalue weighted by atomic mass is 16.3. The predicted molar refractivity (Wildman–Crippen MR) is 232 cm³/mol. The summed E-state index contributed by atoms with van der Waals surface area (Å²) in [5, 5.41) is 6.91. The molecule has 0 aliphatic carbocycles. The zero-order valence-corrected chi connectivity index (χ0v) is 30.5. The molecule has 0 fully saturated rings. The lowest BCUT2D eigenvalue weighted by atomic mass is 10.0. The van der Waals surface area contributed by atoms with Crippen molar-refractivity contribution < 1.29 is 4.42 Å². The molecule has 8 aromatic carbocycles. The quantitative estimate of drug-likeness (QED) is 0.177. The minimum Gasteiger partial charge on any atom is -0.456 e. The Morgan fingerprint density at radius 3 is 1.65 bits per heavy atom. The summed E-state index contributed by atoms with van der Waals surface area (Å²) in [6.45, 7) is 0. The Kier molecular flexibility index (Phi) is 6.83. The monoisotopic (exact) mass is 729 g/mol. The molecule has 0 spiro atoms. The van der Waals surface area contributed by atoms with Gasteiger partial charge in [0.05, 0.1) is 22.1 Å². The lowest BCUT2D eigenvalue weighted by molar-refractivity contribution is 0.669. The lowest BCUT2D eigenvalue weighted by Crippen LogP contribution is -2.06. The first-order valence-corrected chi connectivity index (χ1v) is 19.1. The maximum Gasteiger partial charge on any atom is 0.238 e. The van der Waals surface area contributed by atoms with Gasteiger partial charge in [0.25, 0.3) is 0 Å². The molecule has 0 atom stereocenters. The molecule has 12 aromatic rings. The highest BCUT2D eigenvalue weighted by molar-refractivity contribution is 6.19. The van der Waals surface area contributed by atoms with Crippen LogP contribution in [0.2, 0.25) is 0 Å². The fourth-order valence-corrected chi connectivity index (χ4v) is 8.56. The van der Waals surface area contributed by atoms with Crippen molar-refractivity contribution in [3.8, 4) is 45.5 Å². The number of hydrogen-bond acceptors (Lipinski definition) is 4. The standard InChI is InChI=1S/C51H31N5O/c1-3-14-32(15-4-1)49-52-50(35-17-13-16-33(28-35)34-26-27-40-39-22-9-12-25-47(39)57-48(40)29-34)54-51(53-49)56-44-24-11-8-21-38(44)42-30-41-37-20-7-10-23-43(37)55(45(41)31-46(42)56)36-18-5-2-6-19-36/h1-31H. The molecule has 0 saturated heterocycles. The third kappa shape index (κ3) is 4.94. The minimum atomic E-state index is 0.556. The summed E-state index contributed by atoms with van der Waals surface area (Å²) in [5.41, 5.74) is 11.1. The number of benzene rings is 8. The summed E-state index contributed by atoms with van der Waals surface area (Å²) in [5.74, 6) is 1.76. The average Bonchev–Trinajstić information content (AvgIpc) is 3.93. The smallest absolute Gasteiger partial charge is 0.238 e. The Morgan fingerprint density at radius 2 is 0.877 bits per heavy atom. The van der Waals surface area contributed by atoms with Crippen molar-refractivity contribution in [2.24, 2.45) is 0 Å². The van der Waals surface area contributed by atoms with Crippen LogP contribution in [-0.4, -0.2) is 24.1 Å². The first-order valence-electron chi connectivity index (χ1n) is 19.1. The fraction of sp³-hybridized carbons (Fsp3) is 0. The summed E-state index contributed by atoms with van der Waals surface area (Å²) in [7, 11) is 0. The molecule has 6 heteroatoms. The Hall–Kier alpha value is -7.83. The van der Waals surface area contributed by atoms with Crippen LogP contribution in [0.5, 0.6) is 0 Å². The van der Waals surface area contributed by atoms with Crippen molar-refractivity contribution in [2.45, 2.75) is 0 Å². The number of furan rings is 1. The van der Waals surface area contributed by atoms with Crippen molar-refractivity contribution in [2.75, 3.05) is 0 Å².